The summed E-state index contributed by atoms with van der Waals surface area (Å²) in [6.45, 7) is 7.93. The van der Waals surface area contributed by atoms with E-state index in [1.807, 2.05) is 0 Å². The summed E-state index contributed by atoms with van der Waals surface area (Å²) in [6, 6.07) is 0.177. The summed E-state index contributed by atoms with van der Waals surface area (Å²) in [5, 5.41) is 12.8. The average molecular weight is 675 g/mol. The molecule has 2 bridgehead atoms. The van der Waals surface area contributed by atoms with Crippen molar-refractivity contribution in [1.29, 1.82) is 0 Å². The summed E-state index contributed by atoms with van der Waals surface area (Å²) in [4.78, 5) is 48.7. The van der Waals surface area contributed by atoms with Gasteiger partial charge in [0.15, 0.2) is 5.69 Å². The lowest BCUT2D eigenvalue weighted by atomic mass is 9.85. The van der Waals surface area contributed by atoms with Gasteiger partial charge in [-0.2, -0.15) is 8.78 Å². The number of halogens is 5. The van der Waals surface area contributed by atoms with E-state index in [0.717, 1.165) is 23.1 Å². The van der Waals surface area contributed by atoms with Gasteiger partial charge in [-0.25, -0.2) is 19.6 Å². The summed E-state index contributed by atoms with van der Waals surface area (Å²) in [7, 11) is 0. The van der Waals surface area contributed by atoms with Crippen molar-refractivity contribution in [2.45, 2.75) is 110 Å². The van der Waals surface area contributed by atoms with E-state index >= 15 is 8.78 Å². The zero-order valence-corrected chi connectivity index (χ0v) is 26.7. The Morgan fingerprint density at radius 2 is 1.81 bits per heavy atom. The number of alkyl halides is 5. The van der Waals surface area contributed by atoms with Crippen molar-refractivity contribution in [2.75, 3.05) is 6.54 Å². The monoisotopic (exact) mass is 674 g/mol. The second kappa shape index (κ2) is 13.6. The van der Waals surface area contributed by atoms with Crippen molar-refractivity contribution in [3.8, 4) is 11.6 Å². The Morgan fingerprint density at radius 1 is 1.11 bits per heavy atom. The van der Waals surface area contributed by atoms with Gasteiger partial charge in [0, 0.05) is 18.4 Å². The number of hydrogen-bond donors (Lipinski definition) is 2. The lowest BCUT2D eigenvalue weighted by molar-refractivity contribution is -0.274. The Kier molecular flexibility index (Phi) is 10.4. The van der Waals surface area contributed by atoms with E-state index in [-0.39, 0.29) is 30.4 Å². The smallest absolute Gasteiger partial charge is 0.480 e. The topological polar surface area (TPSA) is 140 Å². The predicted molar refractivity (Wildman–Crippen MR) is 157 cm³/mol. The first kappa shape index (κ1) is 35.9. The van der Waals surface area contributed by atoms with Gasteiger partial charge in [-0.05, 0) is 50.2 Å². The summed E-state index contributed by atoms with van der Waals surface area (Å²) in [5.74, 6) is -8.01. The minimum absolute atomic E-state index is 0.0416. The SMILES string of the molecule is CC[C@@H]1[C@@H]2CN(C(=O)[C@H](C(C)(C)C)NC(=O)O[C@H](C)CCCCCC(F)(F)c3nc4ccc(OC(F)(F)F)cc4nc3O2)[C@@H]1C(=O)O. The van der Waals surface area contributed by atoms with E-state index in [4.69, 9.17) is 9.47 Å². The van der Waals surface area contributed by atoms with Crippen LogP contribution in [0.5, 0.6) is 11.6 Å². The van der Waals surface area contributed by atoms with Gasteiger partial charge < -0.3 is 29.5 Å². The molecule has 3 heterocycles. The first-order chi connectivity index (χ1) is 21.8. The molecule has 2 aliphatic heterocycles. The summed E-state index contributed by atoms with van der Waals surface area (Å²) in [5.41, 5.74) is -2.14. The molecule has 1 fully saturated rings. The highest BCUT2D eigenvalue weighted by molar-refractivity contribution is 5.90. The summed E-state index contributed by atoms with van der Waals surface area (Å²) in [6.07, 6.45) is -7.05. The summed E-state index contributed by atoms with van der Waals surface area (Å²) < 4.78 is 85.8. The number of carboxylic acids is 1. The zero-order valence-electron chi connectivity index (χ0n) is 26.7. The fourth-order valence-electron chi connectivity index (χ4n) is 5.99. The van der Waals surface area contributed by atoms with Crippen molar-refractivity contribution in [3.63, 3.8) is 0 Å². The van der Waals surface area contributed by atoms with E-state index in [1.54, 1.807) is 34.6 Å². The molecule has 2 aliphatic rings. The lowest BCUT2D eigenvalue weighted by Crippen LogP contribution is -2.57. The highest BCUT2D eigenvalue weighted by atomic mass is 19.4. The van der Waals surface area contributed by atoms with Crippen molar-refractivity contribution in [3.05, 3.63) is 23.9 Å². The first-order valence-electron chi connectivity index (χ1n) is 15.4. The van der Waals surface area contributed by atoms with Gasteiger partial charge in [0.1, 0.15) is 30.0 Å². The average Bonchev–Trinajstić information content (AvgIpc) is 3.31. The van der Waals surface area contributed by atoms with Crippen LogP contribution in [0, 0.1) is 11.3 Å². The number of aliphatic carboxylic acids is 1. The van der Waals surface area contributed by atoms with E-state index in [0.29, 0.717) is 19.3 Å². The minimum Gasteiger partial charge on any atom is -0.480 e. The molecule has 4 rings (SSSR count). The number of alkyl carbamates (subject to hydrolysis) is 1. The molecule has 2 N–H and O–H groups in total. The van der Waals surface area contributed by atoms with Crippen molar-refractivity contribution < 1.29 is 55.7 Å². The van der Waals surface area contributed by atoms with Crippen LogP contribution in [0.3, 0.4) is 0 Å². The van der Waals surface area contributed by atoms with Crippen LogP contribution in [-0.2, 0) is 20.2 Å². The van der Waals surface area contributed by atoms with Crippen molar-refractivity contribution in [1.82, 2.24) is 20.2 Å². The normalized spacial score (nSPS) is 26.3. The number of carbonyl (C=O) groups is 3. The maximum absolute atomic E-state index is 15.9. The minimum atomic E-state index is -5.03. The lowest BCUT2D eigenvalue weighted by Gasteiger charge is -2.35. The second-order valence-electron chi connectivity index (χ2n) is 13.0. The Hall–Kier alpha value is -3.98. The van der Waals surface area contributed by atoms with Gasteiger partial charge in [0.25, 0.3) is 5.92 Å². The molecular weight excluding hydrogens is 635 g/mol. The molecule has 2 amide bonds. The first-order valence-corrected chi connectivity index (χ1v) is 15.4. The van der Waals surface area contributed by atoms with Gasteiger partial charge in [0.2, 0.25) is 11.8 Å². The van der Waals surface area contributed by atoms with Crippen molar-refractivity contribution in [2.24, 2.45) is 11.3 Å². The Balaban J connectivity index is 1.84. The van der Waals surface area contributed by atoms with Crippen LogP contribution < -0.4 is 14.8 Å². The molecule has 47 heavy (non-hydrogen) atoms. The third-order valence-electron chi connectivity index (χ3n) is 8.33. The number of carbonyl (C=O) groups excluding carboxylic acids is 2. The molecule has 260 valence electrons. The van der Waals surface area contributed by atoms with Crippen LogP contribution in [0.25, 0.3) is 11.0 Å². The molecule has 1 aromatic carbocycles. The Morgan fingerprint density at radius 3 is 2.43 bits per heavy atom. The molecule has 0 unspecified atom stereocenters. The number of aromatic nitrogens is 2. The number of fused-ring (bicyclic) bond motifs is 4. The quantitative estimate of drug-likeness (QED) is 0.365. The molecule has 0 aliphatic carbocycles. The number of rotatable bonds is 3. The third-order valence-corrected chi connectivity index (χ3v) is 8.33. The Labute approximate surface area is 268 Å². The molecule has 5 atom stereocenters. The van der Waals surface area contributed by atoms with Crippen LogP contribution in [0.1, 0.15) is 78.8 Å². The van der Waals surface area contributed by atoms with E-state index < -0.39 is 89.6 Å². The molecule has 11 nitrogen and oxygen atoms in total. The van der Waals surface area contributed by atoms with Gasteiger partial charge in [0.05, 0.1) is 17.6 Å². The summed E-state index contributed by atoms with van der Waals surface area (Å²) >= 11 is 0. The van der Waals surface area contributed by atoms with Crippen molar-refractivity contribution >= 4 is 29.0 Å². The molecule has 16 heteroatoms. The maximum atomic E-state index is 15.9. The molecular formula is C31H39F5N4O7. The van der Waals surface area contributed by atoms with Crippen LogP contribution in [0.4, 0.5) is 26.7 Å². The number of nitrogens with one attached hydrogen (secondary N) is 1. The van der Waals surface area contributed by atoms with Crippen LogP contribution >= 0.6 is 0 Å². The number of nitrogens with zero attached hydrogens (tertiary/aromatic N) is 3. The number of cyclic esters (lactones) is 1. The van der Waals surface area contributed by atoms with E-state index in [9.17, 15) is 32.7 Å². The molecule has 0 radical (unpaired) electrons. The van der Waals surface area contributed by atoms with Crippen LogP contribution in [0.2, 0.25) is 0 Å². The van der Waals surface area contributed by atoms with E-state index in [2.05, 4.69) is 20.0 Å². The molecule has 2 aromatic rings. The number of carboxylic acid groups (broad SMARTS) is 1. The standard InChI is InChI=1S/C31H39F5N4O7/c1-6-18-21-15-40(22(18)27(42)43)26(41)24(29(3,4)5)39-28(44)45-16(2)10-8-7-9-13-30(32,33)23-25(46-21)38-20-14-17(47-31(34,35)36)11-12-19(20)37-23/h11-12,14,16,18,21-22,24H,6-10,13,15H2,1-5H3,(H,39,44)(H,42,43)/t16-,18-,21+,22+,24-/m1/s1. The van der Waals surface area contributed by atoms with Crippen LogP contribution in [0.15, 0.2) is 18.2 Å². The predicted octanol–water partition coefficient (Wildman–Crippen LogP) is 6.18. The molecule has 0 saturated carbocycles. The zero-order chi connectivity index (χ0) is 34.9. The highest BCUT2D eigenvalue weighted by Crippen LogP contribution is 2.41. The molecule has 0 spiro atoms. The number of amides is 2. The fraction of sp³-hybridized carbons (Fsp3) is 0.645. The van der Waals surface area contributed by atoms with Gasteiger partial charge in [-0.15, -0.1) is 13.2 Å². The number of ether oxygens (including phenoxy) is 3. The number of benzene rings is 1. The Bertz CT molecular complexity index is 1480. The largest absolute Gasteiger partial charge is 0.573 e. The van der Waals surface area contributed by atoms with Gasteiger partial charge in [-0.3, -0.25) is 4.79 Å². The third kappa shape index (κ3) is 8.49. The number of hydrogen-bond acceptors (Lipinski definition) is 8. The fourth-order valence-corrected chi connectivity index (χ4v) is 5.99. The molecule has 1 aromatic heterocycles. The van der Waals surface area contributed by atoms with E-state index in [1.165, 1.54) is 0 Å². The second-order valence-corrected chi connectivity index (χ2v) is 13.0. The van der Waals surface area contributed by atoms with Gasteiger partial charge in [-0.1, -0.05) is 34.1 Å². The maximum Gasteiger partial charge on any atom is 0.573 e. The molecule has 1 saturated heterocycles. The highest BCUT2D eigenvalue weighted by Gasteiger charge is 2.52. The van der Waals surface area contributed by atoms with Crippen LogP contribution in [-0.4, -0.2) is 75.1 Å². The van der Waals surface area contributed by atoms with Gasteiger partial charge >= 0.3 is 18.4 Å².